The molecule has 1 aliphatic rings. The molecule has 2 aromatic carbocycles. The van der Waals surface area contributed by atoms with Crippen LogP contribution in [0.1, 0.15) is 30.3 Å². The number of hydrogen-bond acceptors (Lipinski definition) is 4. The van der Waals surface area contributed by atoms with Crippen molar-refractivity contribution in [1.29, 1.82) is 0 Å². The minimum atomic E-state index is -0.589. The number of benzene rings is 2. The second kappa shape index (κ2) is 7.60. The van der Waals surface area contributed by atoms with Crippen LogP contribution in [0.15, 0.2) is 45.4 Å². The number of aromatic nitrogens is 2. The first-order chi connectivity index (χ1) is 13.4. The number of likely N-dealkylation sites (tertiary alicyclic amines) is 1. The fraction of sp³-hybridized carbons (Fsp3) is 0.211. The summed E-state index contributed by atoms with van der Waals surface area (Å²) in [7, 11) is 0. The number of carbonyl (C=O) groups excluding carboxylic acids is 1. The molecular weight excluding hydrogens is 456 g/mol. The van der Waals surface area contributed by atoms with E-state index in [0.717, 1.165) is 0 Å². The first-order valence-electron chi connectivity index (χ1n) is 8.45. The van der Waals surface area contributed by atoms with Crippen LogP contribution in [0.4, 0.5) is 8.78 Å². The lowest BCUT2D eigenvalue weighted by Crippen LogP contribution is -2.27. The molecule has 28 heavy (non-hydrogen) atoms. The average Bonchev–Trinajstić information content (AvgIpc) is 3.27. The van der Waals surface area contributed by atoms with Gasteiger partial charge in [-0.1, -0.05) is 38.8 Å². The van der Waals surface area contributed by atoms with Crippen molar-refractivity contribution in [3.63, 3.8) is 0 Å². The van der Waals surface area contributed by atoms with Gasteiger partial charge in [-0.25, -0.2) is 8.78 Å². The molecule has 0 radical (unpaired) electrons. The summed E-state index contributed by atoms with van der Waals surface area (Å²) < 4.78 is 33.8. The highest BCUT2D eigenvalue weighted by Gasteiger charge is 2.36. The summed E-state index contributed by atoms with van der Waals surface area (Å²) in [5.74, 6) is -0.692. The molecule has 0 aliphatic carbocycles. The predicted molar refractivity (Wildman–Crippen MR) is 101 cm³/mol. The van der Waals surface area contributed by atoms with E-state index in [1.807, 2.05) is 0 Å². The smallest absolute Gasteiger partial charge is 0.249 e. The van der Waals surface area contributed by atoms with E-state index in [4.69, 9.17) is 16.1 Å². The summed E-state index contributed by atoms with van der Waals surface area (Å²) in [5, 5.41) is 3.88. The van der Waals surface area contributed by atoms with Crippen LogP contribution in [0.25, 0.3) is 11.4 Å². The van der Waals surface area contributed by atoms with Crippen LogP contribution < -0.4 is 0 Å². The van der Waals surface area contributed by atoms with Crippen molar-refractivity contribution in [1.82, 2.24) is 15.0 Å². The monoisotopic (exact) mass is 467 g/mol. The van der Waals surface area contributed by atoms with Crippen LogP contribution in [-0.2, 0) is 11.3 Å². The molecule has 1 amide bonds. The summed E-state index contributed by atoms with van der Waals surface area (Å²) in [6.45, 7) is 0.0932. The van der Waals surface area contributed by atoms with Gasteiger partial charge in [-0.3, -0.25) is 4.79 Å². The van der Waals surface area contributed by atoms with Gasteiger partial charge in [0.25, 0.3) is 0 Å². The van der Waals surface area contributed by atoms with Crippen molar-refractivity contribution < 1.29 is 18.1 Å². The van der Waals surface area contributed by atoms with Gasteiger partial charge in [-0.15, -0.1) is 0 Å². The van der Waals surface area contributed by atoms with Gasteiger partial charge in [-0.2, -0.15) is 4.98 Å². The number of hydrogen-bond donors (Lipinski definition) is 0. The average molecular weight is 469 g/mol. The van der Waals surface area contributed by atoms with Crippen LogP contribution in [0.5, 0.6) is 0 Å². The lowest BCUT2D eigenvalue weighted by atomic mass is 10.1. The standard InChI is InChI=1S/C19H13BrClF2N3O2/c20-12-3-1-11(14(22)8-12)9-26-16(5-6-17(26)27)19-24-18(25-28-19)10-2-4-13(21)15(23)7-10/h1-4,7-8,16H,5-6,9H2. The van der Waals surface area contributed by atoms with Gasteiger partial charge in [-0.05, 0) is 36.8 Å². The minimum absolute atomic E-state index is 0.00319. The predicted octanol–water partition coefficient (Wildman–Crippen LogP) is 5.29. The first-order valence-corrected chi connectivity index (χ1v) is 9.62. The molecule has 4 rings (SSSR count). The van der Waals surface area contributed by atoms with Gasteiger partial charge < -0.3 is 9.42 Å². The molecule has 0 N–H and O–H groups in total. The zero-order valence-electron chi connectivity index (χ0n) is 14.3. The van der Waals surface area contributed by atoms with E-state index < -0.39 is 17.7 Å². The molecular formula is C19H13BrClF2N3O2. The SMILES string of the molecule is O=C1CCC(c2nc(-c3ccc(Cl)c(F)c3)no2)N1Cc1ccc(Br)cc1F. The van der Waals surface area contributed by atoms with E-state index in [9.17, 15) is 13.6 Å². The van der Waals surface area contributed by atoms with Crippen molar-refractivity contribution >= 4 is 33.4 Å². The zero-order valence-corrected chi connectivity index (χ0v) is 16.7. The van der Waals surface area contributed by atoms with Crippen molar-refractivity contribution in [3.8, 4) is 11.4 Å². The molecule has 9 heteroatoms. The van der Waals surface area contributed by atoms with Crippen LogP contribution in [0.2, 0.25) is 5.02 Å². The number of halogens is 4. The molecule has 1 atom stereocenters. The largest absolute Gasteiger partial charge is 0.337 e. The van der Waals surface area contributed by atoms with Crippen molar-refractivity contribution in [2.45, 2.75) is 25.4 Å². The molecule has 1 aromatic heterocycles. The van der Waals surface area contributed by atoms with E-state index in [1.165, 1.54) is 23.1 Å². The minimum Gasteiger partial charge on any atom is -0.337 e. The van der Waals surface area contributed by atoms with Crippen LogP contribution in [-0.4, -0.2) is 20.9 Å². The third-order valence-corrected chi connectivity index (χ3v) is 5.39. The molecule has 0 spiro atoms. The summed E-state index contributed by atoms with van der Waals surface area (Å²) in [6, 6.07) is 8.43. The highest BCUT2D eigenvalue weighted by atomic mass is 79.9. The Bertz CT molecular complexity index is 1060. The lowest BCUT2D eigenvalue weighted by Gasteiger charge is -2.22. The van der Waals surface area contributed by atoms with Gasteiger partial charge in [0.15, 0.2) is 0 Å². The summed E-state index contributed by atoms with van der Waals surface area (Å²) in [6.07, 6.45) is 0.781. The van der Waals surface area contributed by atoms with Crippen LogP contribution in [0.3, 0.4) is 0 Å². The fourth-order valence-electron chi connectivity index (χ4n) is 3.15. The molecule has 0 bridgehead atoms. The first kappa shape index (κ1) is 19.0. The third kappa shape index (κ3) is 3.66. The van der Waals surface area contributed by atoms with E-state index >= 15 is 0 Å². The Kier molecular flexibility index (Phi) is 5.16. The molecule has 5 nitrogen and oxygen atoms in total. The van der Waals surface area contributed by atoms with Crippen LogP contribution >= 0.6 is 27.5 Å². The molecule has 144 valence electrons. The maximum atomic E-state index is 14.2. The number of nitrogens with zero attached hydrogens (tertiary/aromatic N) is 3. The Labute approximate surface area is 172 Å². The fourth-order valence-corrected chi connectivity index (χ4v) is 3.60. The summed E-state index contributed by atoms with van der Waals surface area (Å²) in [5.41, 5.74) is 0.801. The van der Waals surface area contributed by atoms with E-state index in [1.54, 1.807) is 18.2 Å². The van der Waals surface area contributed by atoms with E-state index in [0.29, 0.717) is 28.4 Å². The zero-order chi connectivity index (χ0) is 19.8. The molecule has 1 unspecified atom stereocenters. The van der Waals surface area contributed by atoms with Crippen molar-refractivity contribution in [2.75, 3.05) is 0 Å². The molecule has 1 saturated heterocycles. The molecule has 3 aromatic rings. The molecule has 0 saturated carbocycles. The second-order valence-electron chi connectivity index (χ2n) is 6.40. The van der Waals surface area contributed by atoms with Gasteiger partial charge in [0.05, 0.1) is 5.02 Å². The number of rotatable bonds is 4. The Morgan fingerprint density at radius 3 is 2.79 bits per heavy atom. The molecule has 2 heterocycles. The number of amides is 1. The van der Waals surface area contributed by atoms with Gasteiger partial charge >= 0.3 is 0 Å². The summed E-state index contributed by atoms with van der Waals surface area (Å²) >= 11 is 8.91. The van der Waals surface area contributed by atoms with Crippen LogP contribution in [0, 0.1) is 11.6 Å². The molecule has 1 aliphatic heterocycles. The maximum absolute atomic E-state index is 14.2. The van der Waals surface area contributed by atoms with Gasteiger partial charge in [0, 0.05) is 28.6 Å². The van der Waals surface area contributed by atoms with Gasteiger partial charge in [0.1, 0.15) is 17.7 Å². The highest BCUT2D eigenvalue weighted by Crippen LogP contribution is 2.35. The third-order valence-electron chi connectivity index (χ3n) is 4.59. The number of carbonyl (C=O) groups is 1. The quantitative estimate of drug-likeness (QED) is 0.522. The van der Waals surface area contributed by atoms with E-state index in [2.05, 4.69) is 26.1 Å². The summed E-state index contributed by atoms with van der Waals surface area (Å²) in [4.78, 5) is 18.2. The maximum Gasteiger partial charge on any atom is 0.249 e. The highest BCUT2D eigenvalue weighted by molar-refractivity contribution is 9.10. The van der Waals surface area contributed by atoms with Crippen molar-refractivity contribution in [2.24, 2.45) is 0 Å². The topological polar surface area (TPSA) is 59.2 Å². The lowest BCUT2D eigenvalue weighted by molar-refractivity contribution is -0.130. The van der Waals surface area contributed by atoms with Crippen molar-refractivity contribution in [3.05, 3.63) is 69.0 Å². The Balaban J connectivity index is 1.60. The Morgan fingerprint density at radius 1 is 1.21 bits per heavy atom. The Hall–Kier alpha value is -2.32. The van der Waals surface area contributed by atoms with Gasteiger partial charge in [0.2, 0.25) is 17.6 Å². The molecule has 1 fully saturated rings. The second-order valence-corrected chi connectivity index (χ2v) is 7.72. The normalized spacial score (nSPS) is 16.8. The Morgan fingerprint density at radius 2 is 2.04 bits per heavy atom. The van der Waals surface area contributed by atoms with E-state index in [-0.39, 0.29) is 29.2 Å².